The maximum Gasteiger partial charge on any atom is 0.227 e. The molecule has 32 heavy (non-hydrogen) atoms. The van der Waals surface area contributed by atoms with Crippen molar-refractivity contribution in [1.29, 1.82) is 10.5 Å². The number of fused-ring (bicyclic) bond motifs is 1. The van der Waals surface area contributed by atoms with Gasteiger partial charge in [-0.15, -0.1) is 0 Å². The van der Waals surface area contributed by atoms with Crippen molar-refractivity contribution in [3.63, 3.8) is 0 Å². The second-order valence-corrected chi connectivity index (χ2v) is 7.39. The van der Waals surface area contributed by atoms with Gasteiger partial charge in [-0.25, -0.2) is 14.4 Å². The van der Waals surface area contributed by atoms with Crippen LogP contribution in [0.2, 0.25) is 0 Å². The number of allylic oxidation sites excluding steroid dienone is 1. The van der Waals surface area contributed by atoms with Crippen LogP contribution in [0.3, 0.4) is 0 Å². The zero-order chi connectivity index (χ0) is 22.7. The van der Waals surface area contributed by atoms with Crippen molar-refractivity contribution in [3.8, 4) is 23.3 Å². The lowest BCUT2D eigenvalue weighted by Gasteiger charge is -2.15. The molecule has 6 heteroatoms. The Kier molecular flexibility index (Phi) is 5.61. The smallest absolute Gasteiger partial charge is 0.227 e. The van der Waals surface area contributed by atoms with E-state index in [4.69, 9.17) is 10.5 Å². The molecule has 0 aliphatic heterocycles. The summed E-state index contributed by atoms with van der Waals surface area (Å²) in [4.78, 5) is 8.99. The SMILES string of the molecule is Cc1cc(C=CC#N)cc(C)c1-c1cc(F)cc2cnc(Nc3ccc(C#N)cc3)nc12. The van der Waals surface area contributed by atoms with E-state index in [0.717, 1.165) is 27.9 Å². The van der Waals surface area contributed by atoms with Gasteiger partial charge < -0.3 is 5.32 Å². The summed E-state index contributed by atoms with van der Waals surface area (Å²) < 4.78 is 14.5. The lowest BCUT2D eigenvalue weighted by Crippen LogP contribution is -1.99. The Labute approximate surface area is 185 Å². The number of aryl methyl sites for hydroxylation is 2. The van der Waals surface area contributed by atoms with Crippen molar-refractivity contribution >= 4 is 28.6 Å². The Morgan fingerprint density at radius 1 is 1.00 bits per heavy atom. The minimum Gasteiger partial charge on any atom is -0.324 e. The first kappa shape index (κ1) is 20.7. The van der Waals surface area contributed by atoms with Crippen molar-refractivity contribution in [1.82, 2.24) is 9.97 Å². The molecule has 0 bridgehead atoms. The van der Waals surface area contributed by atoms with E-state index in [-0.39, 0.29) is 5.82 Å². The lowest BCUT2D eigenvalue weighted by atomic mass is 9.92. The summed E-state index contributed by atoms with van der Waals surface area (Å²) in [5.41, 5.74) is 6.32. The molecule has 0 aliphatic carbocycles. The molecule has 0 amide bonds. The molecule has 1 aromatic heterocycles. The first-order chi connectivity index (χ1) is 15.5. The van der Waals surface area contributed by atoms with Crippen molar-refractivity contribution in [3.05, 3.63) is 88.9 Å². The first-order valence-corrected chi connectivity index (χ1v) is 9.90. The molecule has 1 N–H and O–H groups in total. The topological polar surface area (TPSA) is 85.4 Å². The van der Waals surface area contributed by atoms with Gasteiger partial charge >= 0.3 is 0 Å². The van der Waals surface area contributed by atoms with Crippen molar-refractivity contribution in [2.75, 3.05) is 5.32 Å². The fourth-order valence-corrected chi connectivity index (χ4v) is 3.77. The summed E-state index contributed by atoms with van der Waals surface area (Å²) in [6, 6.07) is 17.9. The molecule has 3 aromatic carbocycles. The zero-order valence-electron chi connectivity index (χ0n) is 17.5. The molecule has 0 saturated heterocycles. The van der Waals surface area contributed by atoms with Gasteiger partial charge in [-0.1, -0.05) is 12.1 Å². The van der Waals surface area contributed by atoms with Crippen molar-refractivity contribution in [2.45, 2.75) is 13.8 Å². The Hall–Kier alpha value is -4.55. The molecule has 154 valence electrons. The highest BCUT2D eigenvalue weighted by molar-refractivity contribution is 5.96. The Morgan fingerprint density at radius 3 is 2.38 bits per heavy atom. The van der Waals surface area contributed by atoms with Crippen LogP contribution in [-0.4, -0.2) is 9.97 Å². The molecule has 0 aliphatic rings. The maximum absolute atomic E-state index is 14.5. The quantitative estimate of drug-likeness (QED) is 0.398. The predicted molar refractivity (Wildman–Crippen MR) is 123 cm³/mol. The van der Waals surface area contributed by atoms with Gasteiger partial charge in [0.2, 0.25) is 5.95 Å². The highest BCUT2D eigenvalue weighted by Crippen LogP contribution is 2.34. The highest BCUT2D eigenvalue weighted by atomic mass is 19.1. The van der Waals surface area contributed by atoms with Crippen LogP contribution in [0.1, 0.15) is 22.3 Å². The number of nitrogens with zero attached hydrogens (tertiary/aromatic N) is 4. The molecular formula is C26H18FN5. The second kappa shape index (κ2) is 8.67. The largest absolute Gasteiger partial charge is 0.324 e. The zero-order valence-corrected chi connectivity index (χ0v) is 17.5. The molecule has 0 fully saturated rings. The van der Waals surface area contributed by atoms with E-state index < -0.39 is 0 Å². The number of nitrogens with one attached hydrogen (secondary N) is 1. The normalized spacial score (nSPS) is 10.8. The van der Waals surface area contributed by atoms with E-state index in [2.05, 4.69) is 21.4 Å². The monoisotopic (exact) mass is 419 g/mol. The van der Waals surface area contributed by atoms with Gasteiger partial charge in [0.15, 0.2) is 0 Å². The Balaban J connectivity index is 1.83. The highest BCUT2D eigenvalue weighted by Gasteiger charge is 2.15. The van der Waals surface area contributed by atoms with E-state index in [1.807, 2.05) is 32.0 Å². The van der Waals surface area contributed by atoms with Gasteiger partial charge in [-0.2, -0.15) is 10.5 Å². The van der Waals surface area contributed by atoms with Crippen molar-refractivity contribution < 1.29 is 4.39 Å². The maximum atomic E-state index is 14.5. The fourth-order valence-electron chi connectivity index (χ4n) is 3.77. The van der Waals surface area contributed by atoms with Crippen LogP contribution in [0.5, 0.6) is 0 Å². The van der Waals surface area contributed by atoms with Crippen LogP contribution < -0.4 is 5.32 Å². The average Bonchev–Trinajstić information content (AvgIpc) is 2.78. The van der Waals surface area contributed by atoms with Gasteiger partial charge in [-0.3, -0.25) is 0 Å². The van der Waals surface area contributed by atoms with Crippen LogP contribution in [0.4, 0.5) is 16.0 Å². The molecular weight excluding hydrogens is 401 g/mol. The van der Waals surface area contributed by atoms with Gasteiger partial charge in [-0.05, 0) is 78.6 Å². The molecule has 0 spiro atoms. The third kappa shape index (κ3) is 4.16. The fraction of sp³-hybridized carbons (Fsp3) is 0.0769. The van der Waals surface area contributed by atoms with Crippen LogP contribution in [0, 0.1) is 42.3 Å². The van der Waals surface area contributed by atoms with Crippen LogP contribution in [-0.2, 0) is 0 Å². The lowest BCUT2D eigenvalue weighted by molar-refractivity contribution is 0.630. The average molecular weight is 419 g/mol. The number of anilines is 2. The second-order valence-electron chi connectivity index (χ2n) is 7.39. The molecule has 0 unspecified atom stereocenters. The summed E-state index contributed by atoms with van der Waals surface area (Å²) in [5, 5.41) is 21.5. The van der Waals surface area contributed by atoms with E-state index in [1.54, 1.807) is 36.5 Å². The van der Waals surface area contributed by atoms with E-state index >= 15 is 0 Å². The minimum atomic E-state index is -0.365. The summed E-state index contributed by atoms with van der Waals surface area (Å²) in [5.74, 6) is 0.00935. The molecule has 0 radical (unpaired) electrons. The summed E-state index contributed by atoms with van der Waals surface area (Å²) >= 11 is 0. The standard InChI is InChI=1S/C26H18FN5/c1-16-10-19(4-3-9-28)11-17(2)24(16)23-13-21(27)12-20-15-30-26(32-25(20)23)31-22-7-5-18(14-29)6-8-22/h3-8,10-13,15H,1-2H3,(H,30,31,32). The molecule has 1 heterocycles. The van der Waals surface area contributed by atoms with Gasteiger partial charge in [0, 0.05) is 28.9 Å². The molecule has 5 nitrogen and oxygen atoms in total. The number of hydrogen-bond donors (Lipinski definition) is 1. The third-order valence-electron chi connectivity index (χ3n) is 5.09. The van der Waals surface area contributed by atoms with Gasteiger partial charge in [0.25, 0.3) is 0 Å². The van der Waals surface area contributed by atoms with Crippen molar-refractivity contribution in [2.24, 2.45) is 0 Å². The summed E-state index contributed by atoms with van der Waals surface area (Å²) in [7, 11) is 0. The molecule has 0 atom stereocenters. The van der Waals surface area contributed by atoms with Crippen LogP contribution >= 0.6 is 0 Å². The Bertz CT molecular complexity index is 1420. The van der Waals surface area contributed by atoms with Gasteiger partial charge in [0.1, 0.15) is 5.82 Å². The van der Waals surface area contributed by atoms with E-state index in [1.165, 1.54) is 18.2 Å². The number of benzene rings is 3. The van der Waals surface area contributed by atoms with Crippen LogP contribution in [0.25, 0.3) is 28.1 Å². The number of rotatable bonds is 4. The molecule has 0 saturated carbocycles. The predicted octanol–water partition coefficient (Wildman–Crippen LogP) is 6.20. The molecule has 4 rings (SSSR count). The summed E-state index contributed by atoms with van der Waals surface area (Å²) in [6.07, 6.45) is 4.77. The number of nitriles is 2. The number of halogens is 1. The minimum absolute atomic E-state index is 0.365. The Morgan fingerprint density at radius 2 is 1.72 bits per heavy atom. The summed E-state index contributed by atoms with van der Waals surface area (Å²) in [6.45, 7) is 3.92. The van der Waals surface area contributed by atoms with E-state index in [9.17, 15) is 4.39 Å². The first-order valence-electron chi connectivity index (χ1n) is 9.90. The third-order valence-corrected chi connectivity index (χ3v) is 5.09. The van der Waals surface area contributed by atoms with E-state index in [0.29, 0.717) is 28.0 Å². The van der Waals surface area contributed by atoms with Crippen LogP contribution in [0.15, 0.2) is 60.8 Å². The molecule has 4 aromatic rings. The van der Waals surface area contributed by atoms with Gasteiger partial charge in [0.05, 0.1) is 23.2 Å². The number of hydrogen-bond acceptors (Lipinski definition) is 5. The number of aromatic nitrogens is 2.